The Hall–Kier alpha value is -8.59. The zero-order chi connectivity index (χ0) is 52.2. The zero-order valence-corrected chi connectivity index (χ0v) is 35.7. The number of rotatable bonds is 6. The number of hydrogen-bond acceptors (Lipinski definition) is 17. The van der Waals surface area contributed by atoms with E-state index in [1.807, 2.05) is 0 Å². The molecule has 0 aliphatic carbocycles. The summed E-state index contributed by atoms with van der Waals surface area (Å²) in [5, 5.41) is 58.1. The van der Waals surface area contributed by atoms with Crippen molar-refractivity contribution in [2.45, 2.75) is 65.5 Å². The first-order chi connectivity index (χ1) is 32.5. The van der Waals surface area contributed by atoms with Crippen LogP contribution in [0.3, 0.4) is 0 Å². The molecule has 0 saturated heterocycles. The minimum atomic E-state index is -5.19. The number of nitrogens with zero attached hydrogens (tertiary/aromatic N) is 7. The van der Waals surface area contributed by atoms with E-state index in [9.17, 15) is 75.5 Å². The van der Waals surface area contributed by atoms with Crippen LogP contribution < -0.4 is 10.2 Å². The predicted octanol–water partition coefficient (Wildman–Crippen LogP) is 2.82. The number of carbonyl (C=O) groups excluding carboxylic acids is 4. The number of Topliss-reactive ketones (excluding diaryl/α,β-unsaturated/α-hetero) is 2. The maximum atomic E-state index is 13.2. The number of aromatic carboxylic acids is 4. The van der Waals surface area contributed by atoms with E-state index in [1.165, 1.54) is 68.4 Å². The van der Waals surface area contributed by atoms with E-state index in [0.29, 0.717) is 0 Å². The van der Waals surface area contributed by atoms with Gasteiger partial charge in [-0.1, -0.05) is 0 Å². The van der Waals surface area contributed by atoms with E-state index in [4.69, 9.17) is 44.7 Å². The molecule has 70 heavy (non-hydrogen) atoms. The van der Waals surface area contributed by atoms with E-state index in [2.05, 4.69) is 0 Å². The van der Waals surface area contributed by atoms with Crippen molar-refractivity contribution in [3.05, 3.63) is 122 Å². The van der Waals surface area contributed by atoms with Crippen LogP contribution in [0.25, 0.3) is 22.8 Å². The molecule has 2 aliphatic rings. The molecule has 5 aromatic heterocycles. The highest BCUT2D eigenvalue weighted by Crippen LogP contribution is 2.28. The van der Waals surface area contributed by atoms with Crippen LogP contribution in [0.2, 0.25) is 0 Å². The van der Waals surface area contributed by atoms with Gasteiger partial charge in [0.15, 0.2) is 11.6 Å². The highest BCUT2D eigenvalue weighted by molar-refractivity contribution is 6.01. The van der Waals surface area contributed by atoms with Gasteiger partial charge in [0.1, 0.15) is 11.9 Å². The Labute approximate surface area is 387 Å². The van der Waals surface area contributed by atoms with Gasteiger partial charge >= 0.3 is 36.2 Å². The first-order valence-corrected chi connectivity index (χ1v) is 19.5. The van der Waals surface area contributed by atoms with E-state index in [0.717, 1.165) is 0 Å². The molecule has 0 atom stereocenters. The molecule has 0 radical (unpaired) electrons. The van der Waals surface area contributed by atoms with Crippen molar-refractivity contribution >= 4 is 47.4 Å². The summed E-state index contributed by atoms with van der Waals surface area (Å²) in [5.74, 6) is -12.0. The van der Waals surface area contributed by atoms with Gasteiger partial charge in [-0.3, -0.25) is 24.4 Å². The minimum Gasteiger partial charge on any atom is -0.542 e. The Kier molecular flexibility index (Phi) is 15.5. The lowest BCUT2D eigenvalue weighted by Gasteiger charge is -2.25. The maximum Gasteiger partial charge on any atom is 0.430 e. The number of carboxylic acid groups (broad SMARTS) is 6. The SMILES string of the molecule is CC(=O)c1cc(C(C)=O)c2nc1CN1Cc3cc(C(=O)O)cc(n3)-c3cc(C(=O)O)cc(n3)CN(Cc3cc(C(=O)O)cc(n3)-c3cc(C(=O)O)cc(n3)C1)C2.O=C([O-])C(F)(F)F.O=C([O-])C(F)(F)F. The summed E-state index contributed by atoms with van der Waals surface area (Å²) in [5.41, 5.74) is 1.13. The number of hydrogen-bond donors (Lipinski definition) is 4. The predicted molar refractivity (Wildman–Crippen MR) is 215 cm³/mol. The largest absolute Gasteiger partial charge is 0.542 e. The van der Waals surface area contributed by atoms with Crippen LogP contribution in [-0.2, 0) is 48.9 Å². The minimum absolute atomic E-state index is 0.0578. The standard InChI is InChI=1S/C39H31N7O10.2C2HF3O2/c1-18(47)28-11-29(19(2)48)35-17-46-14-26-5-22(38(53)54)9-32(42-26)30-7-20(36(49)50)3-24(40-30)12-45(16-34(28)44-35)13-25-4-21(37(51)52)8-31(41-25)33-10-23(39(55)56)6-27(15-46)43-33;2*3-2(4,5)1(6)7/h3-11H,12-17H2,1-2H3,(H,49,50)(H,51,52)(H,53,54)(H,55,56);2*(H,6,7)/p-2. The third kappa shape index (κ3) is 13.3. The lowest BCUT2D eigenvalue weighted by molar-refractivity contribution is -0.344. The number of fused-ring (bicyclic) bond motifs is 12. The smallest absolute Gasteiger partial charge is 0.430 e. The summed E-state index contributed by atoms with van der Waals surface area (Å²) in [6, 6.07) is 11.9. The summed E-state index contributed by atoms with van der Waals surface area (Å²) < 4.78 is 63.1. The summed E-state index contributed by atoms with van der Waals surface area (Å²) in [7, 11) is 0. The average Bonchev–Trinajstić information content (AvgIpc) is 3.25. The van der Waals surface area contributed by atoms with Gasteiger partial charge in [0.05, 0.1) is 79.2 Å². The number of carboxylic acids is 6. The van der Waals surface area contributed by atoms with Crippen LogP contribution in [0.15, 0.2) is 54.6 Å². The van der Waals surface area contributed by atoms with Crippen molar-refractivity contribution in [1.82, 2.24) is 34.7 Å². The molecule has 366 valence electrons. The molecule has 0 amide bonds. The number of ketones is 2. The Balaban J connectivity index is 0.000000570. The third-order valence-electron chi connectivity index (χ3n) is 9.72. The molecule has 7 rings (SSSR count). The Morgan fingerprint density at radius 1 is 0.429 bits per heavy atom. The Bertz CT molecular complexity index is 2670. The fraction of sp³-hybridized carbons (Fsp3) is 0.233. The summed E-state index contributed by atoms with van der Waals surface area (Å²) in [6.45, 7) is 1.98. The normalized spacial score (nSPS) is 15.0. The molecule has 0 spiro atoms. The fourth-order valence-electron chi connectivity index (χ4n) is 6.81. The van der Waals surface area contributed by atoms with Crippen LogP contribution >= 0.6 is 0 Å². The van der Waals surface area contributed by atoms with Gasteiger partial charge in [-0.25, -0.2) is 39.1 Å². The van der Waals surface area contributed by atoms with Gasteiger partial charge < -0.3 is 40.2 Å². The van der Waals surface area contributed by atoms with Crippen molar-refractivity contribution in [3.63, 3.8) is 0 Å². The van der Waals surface area contributed by atoms with Crippen molar-refractivity contribution < 1.29 is 95.3 Å². The van der Waals surface area contributed by atoms with E-state index in [-0.39, 0.29) is 130 Å². The fourth-order valence-corrected chi connectivity index (χ4v) is 6.81. The molecule has 0 fully saturated rings. The monoisotopic (exact) mass is 983 g/mol. The number of pyridine rings is 5. The van der Waals surface area contributed by atoms with Crippen LogP contribution in [0.1, 0.15) is 110 Å². The molecule has 12 bridgehead atoms. The molecule has 4 N–H and O–H groups in total. The quantitative estimate of drug-likeness (QED) is 0.140. The molecule has 0 unspecified atom stereocenters. The van der Waals surface area contributed by atoms with Gasteiger partial charge in [-0.15, -0.1) is 0 Å². The van der Waals surface area contributed by atoms with Crippen molar-refractivity contribution in [1.29, 1.82) is 0 Å². The number of alkyl halides is 6. The van der Waals surface area contributed by atoms with E-state index >= 15 is 0 Å². The van der Waals surface area contributed by atoms with Gasteiger partial charge in [0, 0.05) is 50.4 Å². The third-order valence-corrected chi connectivity index (χ3v) is 9.72. The Morgan fingerprint density at radius 2 is 0.657 bits per heavy atom. The summed E-state index contributed by atoms with van der Waals surface area (Å²) in [6.07, 6.45) is -10.4. The molecular weight excluding hydrogens is 952 g/mol. The lowest BCUT2D eigenvalue weighted by Crippen LogP contribution is -2.37. The number of carbonyl (C=O) groups is 8. The topological polar surface area (TPSA) is 335 Å². The number of halogens is 6. The molecule has 5 aromatic rings. The molecular formula is C43H31F6N7O14-2. The van der Waals surface area contributed by atoms with E-state index < -0.39 is 59.7 Å². The van der Waals surface area contributed by atoms with Crippen molar-refractivity contribution in [3.8, 4) is 22.8 Å². The van der Waals surface area contributed by atoms with Gasteiger partial charge in [-0.05, 0) is 68.4 Å². The molecule has 7 heterocycles. The first kappa shape index (κ1) is 52.4. The molecule has 21 nitrogen and oxygen atoms in total. The molecule has 0 saturated carbocycles. The number of aliphatic carboxylic acids is 2. The van der Waals surface area contributed by atoms with E-state index in [1.54, 1.807) is 9.80 Å². The van der Waals surface area contributed by atoms with Crippen LogP contribution in [-0.4, -0.2) is 115 Å². The second-order valence-electron chi connectivity index (χ2n) is 15.1. The Morgan fingerprint density at radius 3 is 0.843 bits per heavy atom. The van der Waals surface area contributed by atoms with Crippen LogP contribution in [0, 0.1) is 0 Å². The second-order valence-corrected chi connectivity index (χ2v) is 15.1. The van der Waals surface area contributed by atoms with Gasteiger partial charge in [0.25, 0.3) is 0 Å². The summed E-state index contributed by atoms with van der Waals surface area (Å²) >= 11 is 0. The van der Waals surface area contributed by atoms with Crippen molar-refractivity contribution in [2.24, 2.45) is 0 Å². The summed E-state index contributed by atoms with van der Waals surface area (Å²) in [4.78, 5) is 121. The maximum absolute atomic E-state index is 13.2. The highest BCUT2D eigenvalue weighted by atomic mass is 19.4. The molecule has 0 aromatic carbocycles. The average molecular weight is 984 g/mol. The van der Waals surface area contributed by atoms with Crippen LogP contribution in [0.5, 0.6) is 0 Å². The van der Waals surface area contributed by atoms with Crippen molar-refractivity contribution in [2.75, 3.05) is 0 Å². The van der Waals surface area contributed by atoms with Gasteiger partial charge in [-0.2, -0.15) is 26.3 Å². The van der Waals surface area contributed by atoms with Crippen LogP contribution in [0.4, 0.5) is 26.3 Å². The van der Waals surface area contributed by atoms with Gasteiger partial charge in [0.2, 0.25) is 0 Å². The highest BCUT2D eigenvalue weighted by Gasteiger charge is 2.30. The first-order valence-electron chi connectivity index (χ1n) is 19.5. The molecule has 27 heteroatoms. The lowest BCUT2D eigenvalue weighted by atomic mass is 10.0. The zero-order valence-electron chi connectivity index (χ0n) is 35.7. The second kappa shape index (κ2) is 20.7. The number of aromatic nitrogens is 5. The molecule has 2 aliphatic heterocycles.